The number of hydrogen-bond donors (Lipinski definition) is 2. The lowest BCUT2D eigenvalue weighted by atomic mass is 9.96. The van der Waals surface area contributed by atoms with Crippen molar-refractivity contribution >= 4 is 5.84 Å². The molecule has 3 N–H and O–H groups in total. The first-order chi connectivity index (χ1) is 9.90. The van der Waals surface area contributed by atoms with Gasteiger partial charge in [0.25, 0.3) is 0 Å². The molecule has 0 radical (unpaired) electrons. The minimum absolute atomic E-state index is 0.0902. The van der Waals surface area contributed by atoms with Gasteiger partial charge in [-0.15, -0.1) is 0 Å². The molecule has 0 saturated carbocycles. The second-order valence-electron chi connectivity index (χ2n) is 5.13. The van der Waals surface area contributed by atoms with Crippen LogP contribution in [0.1, 0.15) is 24.1 Å². The number of oxime groups is 1. The standard InChI is InChI=1S/C13H17F3N4O/c14-13(15,16)10-2-5-20(6-3-10)8-9-1-4-18-11(7-9)12(17)19-21/h1,4,7,10,21H,2-3,5-6,8H2,(H2,17,19). The van der Waals surface area contributed by atoms with Crippen LogP contribution >= 0.6 is 0 Å². The van der Waals surface area contributed by atoms with Gasteiger partial charge in [-0.05, 0) is 43.6 Å². The van der Waals surface area contributed by atoms with Crippen LogP contribution in [0.4, 0.5) is 13.2 Å². The summed E-state index contributed by atoms with van der Waals surface area (Å²) in [4.78, 5) is 5.93. The van der Waals surface area contributed by atoms with Crippen molar-refractivity contribution in [3.05, 3.63) is 29.6 Å². The number of pyridine rings is 1. The molecule has 1 saturated heterocycles. The summed E-state index contributed by atoms with van der Waals surface area (Å²) < 4.78 is 37.8. The Hall–Kier alpha value is -1.83. The maximum Gasteiger partial charge on any atom is 0.391 e. The average molecular weight is 302 g/mol. The minimum Gasteiger partial charge on any atom is -0.409 e. The molecule has 0 bridgehead atoms. The number of halogens is 3. The molecular formula is C13H17F3N4O. The molecule has 8 heteroatoms. The smallest absolute Gasteiger partial charge is 0.391 e. The Balaban J connectivity index is 1.95. The zero-order valence-corrected chi connectivity index (χ0v) is 11.3. The highest BCUT2D eigenvalue weighted by Crippen LogP contribution is 2.34. The summed E-state index contributed by atoms with van der Waals surface area (Å²) in [6, 6.07) is 3.44. The zero-order valence-electron chi connectivity index (χ0n) is 11.3. The molecule has 0 aromatic carbocycles. The van der Waals surface area contributed by atoms with Gasteiger partial charge in [0, 0.05) is 12.7 Å². The molecular weight excluding hydrogens is 285 g/mol. The van der Waals surface area contributed by atoms with Gasteiger partial charge < -0.3 is 10.9 Å². The fraction of sp³-hybridized carbons (Fsp3) is 0.538. The van der Waals surface area contributed by atoms with Crippen molar-refractivity contribution in [3.8, 4) is 0 Å². The van der Waals surface area contributed by atoms with Gasteiger partial charge in [-0.3, -0.25) is 9.88 Å². The first-order valence-electron chi connectivity index (χ1n) is 6.62. The second kappa shape index (κ2) is 6.30. The number of hydrogen-bond acceptors (Lipinski definition) is 4. The monoisotopic (exact) mass is 302 g/mol. The Bertz CT molecular complexity index is 510. The van der Waals surface area contributed by atoms with Crippen molar-refractivity contribution in [1.82, 2.24) is 9.88 Å². The van der Waals surface area contributed by atoms with Gasteiger partial charge in [-0.2, -0.15) is 13.2 Å². The number of amidine groups is 1. The van der Waals surface area contributed by atoms with Crippen molar-refractivity contribution in [1.29, 1.82) is 0 Å². The first-order valence-corrected chi connectivity index (χ1v) is 6.62. The van der Waals surface area contributed by atoms with Gasteiger partial charge in [0.15, 0.2) is 5.84 Å². The summed E-state index contributed by atoms with van der Waals surface area (Å²) in [5.41, 5.74) is 6.68. The number of likely N-dealkylation sites (tertiary alicyclic amines) is 1. The van der Waals surface area contributed by atoms with Crippen LogP contribution in [0, 0.1) is 5.92 Å². The quantitative estimate of drug-likeness (QED) is 0.387. The van der Waals surface area contributed by atoms with Crippen molar-refractivity contribution in [2.75, 3.05) is 13.1 Å². The fourth-order valence-electron chi connectivity index (χ4n) is 2.44. The van der Waals surface area contributed by atoms with E-state index in [-0.39, 0.29) is 18.7 Å². The third-order valence-electron chi connectivity index (χ3n) is 3.65. The van der Waals surface area contributed by atoms with E-state index in [1.54, 1.807) is 12.1 Å². The highest BCUT2D eigenvalue weighted by atomic mass is 19.4. The van der Waals surface area contributed by atoms with E-state index in [0.29, 0.717) is 25.3 Å². The minimum atomic E-state index is -4.10. The summed E-state index contributed by atoms with van der Waals surface area (Å²) in [6.45, 7) is 1.34. The van der Waals surface area contributed by atoms with Crippen molar-refractivity contribution in [2.24, 2.45) is 16.8 Å². The molecule has 1 fully saturated rings. The molecule has 116 valence electrons. The second-order valence-corrected chi connectivity index (χ2v) is 5.13. The summed E-state index contributed by atoms with van der Waals surface area (Å²) in [6.07, 6.45) is -2.31. The van der Waals surface area contributed by atoms with Crippen molar-refractivity contribution in [3.63, 3.8) is 0 Å². The summed E-state index contributed by atoms with van der Waals surface area (Å²) in [5, 5.41) is 11.5. The van der Waals surface area contributed by atoms with E-state index in [2.05, 4.69) is 10.1 Å². The number of aromatic nitrogens is 1. The van der Waals surface area contributed by atoms with Crippen LogP contribution in [0.25, 0.3) is 0 Å². The van der Waals surface area contributed by atoms with Gasteiger partial charge in [0.1, 0.15) is 5.69 Å². The molecule has 0 amide bonds. The van der Waals surface area contributed by atoms with Crippen LogP contribution in [-0.4, -0.2) is 40.2 Å². The molecule has 0 unspecified atom stereocenters. The van der Waals surface area contributed by atoms with E-state index in [9.17, 15) is 13.2 Å². The molecule has 1 aliphatic heterocycles. The van der Waals surface area contributed by atoms with Crippen LogP contribution in [0.3, 0.4) is 0 Å². The lowest BCUT2D eigenvalue weighted by Gasteiger charge is -2.32. The molecule has 2 heterocycles. The third kappa shape index (κ3) is 4.07. The molecule has 1 aliphatic rings. The lowest BCUT2D eigenvalue weighted by Crippen LogP contribution is -2.38. The summed E-state index contributed by atoms with van der Waals surface area (Å²) in [7, 11) is 0. The molecule has 0 atom stereocenters. The lowest BCUT2D eigenvalue weighted by molar-refractivity contribution is -0.185. The van der Waals surface area contributed by atoms with Gasteiger partial charge in [-0.25, -0.2) is 0 Å². The van der Waals surface area contributed by atoms with E-state index >= 15 is 0 Å². The van der Waals surface area contributed by atoms with Gasteiger partial charge >= 0.3 is 6.18 Å². The highest BCUT2D eigenvalue weighted by Gasteiger charge is 2.40. The highest BCUT2D eigenvalue weighted by molar-refractivity contribution is 5.95. The summed E-state index contributed by atoms with van der Waals surface area (Å²) >= 11 is 0. The first kappa shape index (κ1) is 15.6. The number of piperidine rings is 1. The topological polar surface area (TPSA) is 74.7 Å². The Morgan fingerprint density at radius 2 is 2.10 bits per heavy atom. The Morgan fingerprint density at radius 1 is 1.43 bits per heavy atom. The molecule has 21 heavy (non-hydrogen) atoms. The molecule has 1 aromatic heterocycles. The van der Waals surface area contributed by atoms with Crippen LogP contribution in [0.5, 0.6) is 0 Å². The van der Waals surface area contributed by atoms with Crippen LogP contribution in [-0.2, 0) is 6.54 Å². The predicted octanol–water partition coefficient (Wildman–Crippen LogP) is 1.95. The SMILES string of the molecule is NC(=NO)c1cc(CN2CCC(C(F)(F)F)CC2)ccn1. The molecule has 2 rings (SSSR count). The molecule has 1 aromatic rings. The number of rotatable bonds is 3. The maximum absolute atomic E-state index is 12.6. The van der Waals surface area contributed by atoms with Gasteiger partial charge in [0.2, 0.25) is 0 Å². The van der Waals surface area contributed by atoms with E-state index < -0.39 is 12.1 Å². The van der Waals surface area contributed by atoms with E-state index in [0.717, 1.165) is 5.56 Å². The normalized spacial score (nSPS) is 18.9. The third-order valence-corrected chi connectivity index (χ3v) is 3.65. The number of nitrogens with zero attached hydrogens (tertiary/aromatic N) is 3. The van der Waals surface area contributed by atoms with E-state index in [1.807, 2.05) is 4.90 Å². The van der Waals surface area contributed by atoms with Gasteiger partial charge in [-0.1, -0.05) is 5.16 Å². The largest absolute Gasteiger partial charge is 0.409 e. The average Bonchev–Trinajstić information content (AvgIpc) is 2.46. The summed E-state index contributed by atoms with van der Waals surface area (Å²) in [5.74, 6) is -1.29. The Kier molecular flexibility index (Phi) is 4.66. The van der Waals surface area contributed by atoms with Crippen molar-refractivity contribution in [2.45, 2.75) is 25.6 Å². The zero-order chi connectivity index (χ0) is 15.5. The maximum atomic E-state index is 12.6. The van der Waals surface area contributed by atoms with Crippen LogP contribution in [0.15, 0.2) is 23.5 Å². The van der Waals surface area contributed by atoms with Crippen LogP contribution < -0.4 is 5.73 Å². The number of alkyl halides is 3. The number of nitrogens with two attached hydrogens (primary N) is 1. The predicted molar refractivity (Wildman–Crippen MR) is 70.8 cm³/mol. The molecule has 0 aliphatic carbocycles. The van der Waals surface area contributed by atoms with Gasteiger partial charge in [0.05, 0.1) is 5.92 Å². The van der Waals surface area contributed by atoms with E-state index in [1.165, 1.54) is 6.20 Å². The Labute approximate surface area is 120 Å². The van der Waals surface area contributed by atoms with E-state index in [4.69, 9.17) is 10.9 Å². The molecule has 5 nitrogen and oxygen atoms in total. The van der Waals surface area contributed by atoms with Crippen LogP contribution in [0.2, 0.25) is 0 Å². The molecule has 0 spiro atoms. The Morgan fingerprint density at radius 3 is 2.67 bits per heavy atom. The van der Waals surface area contributed by atoms with Crippen molar-refractivity contribution < 1.29 is 18.4 Å². The fourth-order valence-corrected chi connectivity index (χ4v) is 2.44.